The molecule has 1 aliphatic heterocycles. The molecule has 8 nitrogen and oxygen atoms in total. The Morgan fingerprint density at radius 1 is 1.26 bits per heavy atom. The summed E-state index contributed by atoms with van der Waals surface area (Å²) in [5, 5.41) is 11.2. The van der Waals surface area contributed by atoms with Crippen molar-refractivity contribution in [1.29, 1.82) is 0 Å². The Labute approximate surface area is 157 Å². The van der Waals surface area contributed by atoms with Crippen LogP contribution in [-0.2, 0) is 0 Å². The van der Waals surface area contributed by atoms with Crippen molar-refractivity contribution in [2.45, 2.75) is 0 Å². The van der Waals surface area contributed by atoms with Gasteiger partial charge in [0, 0.05) is 6.07 Å². The summed E-state index contributed by atoms with van der Waals surface area (Å²) >= 11 is 5.87. The number of nitro groups is 1. The molecule has 0 saturated carbocycles. The van der Waals surface area contributed by atoms with Crippen molar-refractivity contribution in [2.75, 3.05) is 18.1 Å². The average Bonchev–Trinajstić information content (AvgIpc) is 2.69. The summed E-state index contributed by atoms with van der Waals surface area (Å²) in [6, 6.07) is 7.20. The van der Waals surface area contributed by atoms with Crippen LogP contribution in [0.3, 0.4) is 0 Å². The first-order valence-electron chi connectivity index (χ1n) is 7.86. The summed E-state index contributed by atoms with van der Waals surface area (Å²) in [6.07, 6.45) is 2.83. The van der Waals surface area contributed by atoms with Gasteiger partial charge in [-0.1, -0.05) is 11.6 Å². The number of rotatable bonds is 3. The highest BCUT2D eigenvalue weighted by Gasteiger charge is 2.24. The van der Waals surface area contributed by atoms with Crippen LogP contribution >= 0.6 is 11.6 Å². The monoisotopic (exact) mass is 387 g/mol. The molecule has 4 rings (SSSR count). The predicted molar refractivity (Wildman–Crippen MR) is 95.8 cm³/mol. The van der Waals surface area contributed by atoms with Crippen LogP contribution in [0.5, 0.6) is 5.75 Å². The van der Waals surface area contributed by atoms with Gasteiger partial charge >= 0.3 is 5.82 Å². The molecule has 0 unspecified atom stereocenters. The molecule has 27 heavy (non-hydrogen) atoms. The summed E-state index contributed by atoms with van der Waals surface area (Å²) in [7, 11) is 0. The molecule has 3 aromatic heterocycles. The molecule has 3 aromatic rings. The lowest BCUT2D eigenvalue weighted by molar-refractivity contribution is -0.389. The van der Waals surface area contributed by atoms with Crippen LogP contribution in [0.15, 0.2) is 42.7 Å². The van der Waals surface area contributed by atoms with Gasteiger partial charge in [0.25, 0.3) is 0 Å². The number of fused-ring (bicyclic) bond motifs is 1. The second kappa shape index (κ2) is 6.76. The first-order valence-corrected chi connectivity index (χ1v) is 8.24. The third-order valence-electron chi connectivity index (χ3n) is 3.99. The molecule has 1 aliphatic rings. The van der Waals surface area contributed by atoms with E-state index in [2.05, 4.69) is 15.0 Å². The molecular formula is C17H11ClFN5O3. The average molecular weight is 388 g/mol. The van der Waals surface area contributed by atoms with Gasteiger partial charge in [0.05, 0.1) is 35.9 Å². The van der Waals surface area contributed by atoms with Crippen LogP contribution < -0.4 is 9.64 Å². The van der Waals surface area contributed by atoms with Crippen molar-refractivity contribution < 1.29 is 14.1 Å². The molecule has 0 atom stereocenters. The summed E-state index contributed by atoms with van der Waals surface area (Å²) in [5.74, 6) is -0.348. The molecule has 0 N–H and O–H groups in total. The van der Waals surface area contributed by atoms with Gasteiger partial charge in [0.2, 0.25) is 0 Å². The molecule has 0 aliphatic carbocycles. The van der Waals surface area contributed by atoms with Gasteiger partial charge in [-0.3, -0.25) is 4.98 Å². The van der Waals surface area contributed by atoms with Gasteiger partial charge in [-0.15, -0.1) is 0 Å². The van der Waals surface area contributed by atoms with E-state index in [1.807, 2.05) is 4.90 Å². The van der Waals surface area contributed by atoms with E-state index in [9.17, 15) is 14.5 Å². The van der Waals surface area contributed by atoms with Crippen LogP contribution in [0.2, 0.25) is 5.15 Å². The fourth-order valence-electron chi connectivity index (χ4n) is 2.79. The number of hydrogen-bond donors (Lipinski definition) is 0. The molecule has 10 heteroatoms. The Balaban J connectivity index is 1.81. The van der Waals surface area contributed by atoms with Gasteiger partial charge in [-0.2, -0.15) is 0 Å². The largest absolute Gasteiger partial charge is 0.488 e. The number of anilines is 2. The first-order chi connectivity index (χ1) is 13.0. The molecule has 0 radical (unpaired) electrons. The van der Waals surface area contributed by atoms with E-state index < -0.39 is 10.7 Å². The molecule has 0 amide bonds. The number of pyridine rings is 3. The smallest absolute Gasteiger partial charge is 0.365 e. The van der Waals surface area contributed by atoms with Crippen molar-refractivity contribution in [1.82, 2.24) is 15.0 Å². The van der Waals surface area contributed by atoms with Gasteiger partial charge < -0.3 is 19.8 Å². The van der Waals surface area contributed by atoms with E-state index in [-0.39, 0.29) is 22.4 Å². The van der Waals surface area contributed by atoms with Crippen molar-refractivity contribution in [2.24, 2.45) is 0 Å². The summed E-state index contributed by atoms with van der Waals surface area (Å²) < 4.78 is 19.8. The topological polar surface area (TPSA) is 94.3 Å². The third-order valence-corrected chi connectivity index (χ3v) is 4.20. The van der Waals surface area contributed by atoms with Crippen molar-refractivity contribution >= 4 is 28.8 Å². The summed E-state index contributed by atoms with van der Waals surface area (Å²) in [5.41, 5.74) is 1.44. The van der Waals surface area contributed by atoms with E-state index >= 15 is 0 Å². The van der Waals surface area contributed by atoms with Crippen molar-refractivity contribution in [3.8, 4) is 17.1 Å². The molecule has 0 spiro atoms. The number of ether oxygens (including phenoxy) is 1. The van der Waals surface area contributed by atoms with E-state index in [1.54, 1.807) is 12.1 Å². The second-order valence-electron chi connectivity index (χ2n) is 5.63. The third kappa shape index (κ3) is 3.24. The maximum Gasteiger partial charge on any atom is 0.365 e. The Kier molecular flexibility index (Phi) is 4.28. The maximum atomic E-state index is 14.2. The zero-order valence-corrected chi connectivity index (χ0v) is 14.4. The fraction of sp³-hybridized carbons (Fsp3) is 0.118. The van der Waals surface area contributed by atoms with Crippen molar-refractivity contribution in [3.63, 3.8) is 0 Å². The lowest BCUT2D eigenvalue weighted by atomic mass is 10.1. The lowest BCUT2D eigenvalue weighted by Crippen LogP contribution is -2.28. The van der Waals surface area contributed by atoms with Gasteiger partial charge in [0.15, 0.2) is 11.6 Å². The molecule has 0 aromatic carbocycles. The molecule has 136 valence electrons. The van der Waals surface area contributed by atoms with Crippen LogP contribution in [0.25, 0.3) is 11.4 Å². The zero-order chi connectivity index (χ0) is 19.0. The second-order valence-corrected chi connectivity index (χ2v) is 6.02. The number of halogens is 2. The standard InChI is InChI=1S/C17H11ClFN5O3/c18-15-2-1-11(19)17(22-15)12-8-13-14(9-21-12)27-6-5-23(13)10-3-4-20-16(7-10)24(25)26/h1-4,7-9H,5-6H2. The molecule has 0 bridgehead atoms. The van der Waals surface area contributed by atoms with Crippen LogP contribution in [-0.4, -0.2) is 33.0 Å². The highest BCUT2D eigenvalue weighted by molar-refractivity contribution is 6.29. The number of hydrogen-bond acceptors (Lipinski definition) is 7. The normalized spacial score (nSPS) is 13.0. The van der Waals surface area contributed by atoms with Gasteiger partial charge in [-0.25, -0.2) is 9.37 Å². The highest BCUT2D eigenvalue weighted by Crippen LogP contribution is 2.39. The Hall–Kier alpha value is -3.33. The molecule has 0 fully saturated rings. The quantitative estimate of drug-likeness (QED) is 0.383. The van der Waals surface area contributed by atoms with Crippen LogP contribution in [0.1, 0.15) is 0 Å². The fourth-order valence-corrected chi connectivity index (χ4v) is 2.94. The minimum Gasteiger partial charge on any atom is -0.488 e. The molecule has 0 saturated heterocycles. The van der Waals surface area contributed by atoms with Gasteiger partial charge in [0.1, 0.15) is 23.7 Å². The van der Waals surface area contributed by atoms with E-state index in [0.29, 0.717) is 30.3 Å². The Bertz CT molecular complexity index is 1050. The maximum absolute atomic E-state index is 14.2. The zero-order valence-electron chi connectivity index (χ0n) is 13.7. The van der Waals surface area contributed by atoms with Crippen molar-refractivity contribution in [3.05, 3.63) is 63.8 Å². The van der Waals surface area contributed by atoms with E-state index in [1.165, 1.54) is 30.6 Å². The van der Waals surface area contributed by atoms with E-state index in [0.717, 1.165) is 0 Å². The Morgan fingerprint density at radius 3 is 2.93 bits per heavy atom. The summed E-state index contributed by atoms with van der Waals surface area (Å²) in [4.78, 5) is 24.2. The van der Waals surface area contributed by atoms with E-state index in [4.69, 9.17) is 16.3 Å². The number of aromatic nitrogens is 3. The molecule has 4 heterocycles. The Morgan fingerprint density at radius 2 is 2.11 bits per heavy atom. The summed E-state index contributed by atoms with van der Waals surface area (Å²) in [6.45, 7) is 0.816. The minimum atomic E-state index is -0.561. The lowest BCUT2D eigenvalue weighted by Gasteiger charge is -2.31. The molecular weight excluding hydrogens is 377 g/mol. The van der Waals surface area contributed by atoms with Crippen LogP contribution in [0, 0.1) is 15.9 Å². The minimum absolute atomic E-state index is 0.0107. The SMILES string of the molecule is O=[N+]([O-])c1cc(N2CCOc3cnc(-c4nc(Cl)ccc4F)cc32)ccn1. The van der Waals surface area contributed by atoms with Crippen LogP contribution in [0.4, 0.5) is 21.6 Å². The predicted octanol–water partition coefficient (Wildman–Crippen LogP) is 3.77. The van der Waals surface area contributed by atoms with Gasteiger partial charge in [-0.05, 0) is 28.1 Å². The first kappa shape index (κ1) is 17.1. The highest BCUT2D eigenvalue weighted by atomic mass is 35.5. The number of nitrogens with zero attached hydrogens (tertiary/aromatic N) is 5.